The molecule has 1 N–H and O–H groups in total. The van der Waals surface area contributed by atoms with Crippen molar-refractivity contribution in [2.24, 2.45) is 0 Å². The van der Waals surface area contributed by atoms with Crippen LogP contribution in [0.2, 0.25) is 0 Å². The second-order valence-electron chi connectivity index (χ2n) is 6.63. The molecule has 27 heavy (non-hydrogen) atoms. The van der Waals surface area contributed by atoms with E-state index < -0.39 is 0 Å². The van der Waals surface area contributed by atoms with Gasteiger partial charge in [0, 0.05) is 16.5 Å². The van der Waals surface area contributed by atoms with Crippen molar-refractivity contribution >= 4 is 21.8 Å². The molecule has 3 nitrogen and oxygen atoms in total. The van der Waals surface area contributed by atoms with Crippen LogP contribution < -0.4 is 10.1 Å². The Balaban J connectivity index is 1.65. The summed E-state index contributed by atoms with van der Waals surface area (Å²) in [7, 11) is 0. The van der Waals surface area contributed by atoms with Crippen LogP contribution in [0.3, 0.4) is 0 Å². The molecule has 0 aromatic heterocycles. The van der Waals surface area contributed by atoms with Crippen molar-refractivity contribution in [2.45, 2.75) is 18.4 Å². The van der Waals surface area contributed by atoms with E-state index in [2.05, 4.69) is 21.2 Å². The fraction of sp³-hybridized carbons (Fsp3) is 0.174. The van der Waals surface area contributed by atoms with Crippen molar-refractivity contribution in [3.05, 3.63) is 100 Å². The maximum absolute atomic E-state index is 13.3. The van der Waals surface area contributed by atoms with Crippen molar-refractivity contribution in [1.82, 2.24) is 5.32 Å². The summed E-state index contributed by atoms with van der Waals surface area (Å²) >= 11 is 3.52. The van der Waals surface area contributed by atoms with Gasteiger partial charge in [0.25, 0.3) is 0 Å². The van der Waals surface area contributed by atoms with E-state index in [1.54, 1.807) is 0 Å². The molecule has 4 rings (SSSR count). The first-order chi connectivity index (χ1) is 13.2. The minimum atomic E-state index is -0.342. The normalized spacial score (nSPS) is 15.7. The minimum Gasteiger partial charge on any atom is -0.493 e. The van der Waals surface area contributed by atoms with E-state index in [0.29, 0.717) is 6.61 Å². The Hall–Kier alpha value is -2.59. The summed E-state index contributed by atoms with van der Waals surface area (Å²) in [6.07, 6.45) is 0.755. The summed E-state index contributed by atoms with van der Waals surface area (Å²) in [5.74, 6) is 0.502. The number of fused-ring (bicyclic) bond motifs is 1. The number of ether oxygens (including phenoxy) is 1. The highest BCUT2D eigenvalue weighted by Crippen LogP contribution is 2.35. The number of carbonyl (C=O) groups is 1. The molecule has 0 fully saturated rings. The van der Waals surface area contributed by atoms with Gasteiger partial charge in [0.1, 0.15) is 5.75 Å². The van der Waals surface area contributed by atoms with Crippen LogP contribution in [-0.2, 0) is 4.79 Å². The quantitative estimate of drug-likeness (QED) is 0.626. The Kier molecular flexibility index (Phi) is 5.26. The van der Waals surface area contributed by atoms with Crippen LogP contribution in [0.15, 0.2) is 83.3 Å². The summed E-state index contributed by atoms with van der Waals surface area (Å²) in [4.78, 5) is 13.3. The van der Waals surface area contributed by atoms with Gasteiger partial charge in [-0.25, -0.2) is 0 Å². The van der Waals surface area contributed by atoms with Gasteiger partial charge in [-0.2, -0.15) is 0 Å². The van der Waals surface area contributed by atoms with Crippen LogP contribution >= 0.6 is 15.9 Å². The van der Waals surface area contributed by atoms with E-state index in [9.17, 15) is 4.79 Å². The summed E-state index contributed by atoms with van der Waals surface area (Å²) in [5.41, 5.74) is 2.99. The molecule has 136 valence electrons. The Morgan fingerprint density at radius 1 is 0.963 bits per heavy atom. The number of hydrogen-bond donors (Lipinski definition) is 1. The van der Waals surface area contributed by atoms with Crippen molar-refractivity contribution in [2.75, 3.05) is 6.61 Å². The predicted molar refractivity (Wildman–Crippen MR) is 110 cm³/mol. The molecule has 0 spiro atoms. The lowest BCUT2D eigenvalue weighted by Crippen LogP contribution is -2.36. The van der Waals surface area contributed by atoms with Crippen molar-refractivity contribution < 1.29 is 9.53 Å². The van der Waals surface area contributed by atoms with E-state index in [1.165, 1.54) is 0 Å². The van der Waals surface area contributed by atoms with Crippen LogP contribution in [0.4, 0.5) is 0 Å². The number of hydrogen-bond acceptors (Lipinski definition) is 2. The second kappa shape index (κ2) is 7.97. The van der Waals surface area contributed by atoms with Gasteiger partial charge in [-0.15, -0.1) is 0 Å². The highest BCUT2D eigenvalue weighted by atomic mass is 79.9. The predicted octanol–water partition coefficient (Wildman–Crippen LogP) is 5.22. The van der Waals surface area contributed by atoms with Crippen LogP contribution in [0.1, 0.15) is 35.1 Å². The van der Waals surface area contributed by atoms with Crippen LogP contribution in [-0.4, -0.2) is 12.5 Å². The molecule has 0 saturated heterocycles. The standard InChI is InChI=1S/C23H20BrNO2/c24-18-11-12-21-19(15-18)20(13-14-27-21)25-23(26)22(16-7-3-1-4-8-16)17-9-5-2-6-10-17/h1-12,15,20,22H,13-14H2,(H,25,26). The lowest BCUT2D eigenvalue weighted by atomic mass is 9.89. The zero-order valence-electron chi connectivity index (χ0n) is 14.8. The molecule has 1 heterocycles. The first-order valence-electron chi connectivity index (χ1n) is 9.05. The van der Waals surface area contributed by atoms with Gasteiger partial charge in [0.15, 0.2) is 0 Å². The van der Waals surface area contributed by atoms with Crippen LogP contribution in [0, 0.1) is 0 Å². The lowest BCUT2D eigenvalue weighted by Gasteiger charge is -2.29. The van der Waals surface area contributed by atoms with Crippen molar-refractivity contribution in [3.63, 3.8) is 0 Å². The SMILES string of the molecule is O=C(NC1CCOc2ccc(Br)cc21)C(c1ccccc1)c1ccccc1. The average Bonchev–Trinajstić information content (AvgIpc) is 2.70. The molecule has 1 amide bonds. The third-order valence-electron chi connectivity index (χ3n) is 4.86. The van der Waals surface area contributed by atoms with Crippen LogP contribution in [0.25, 0.3) is 0 Å². The summed E-state index contributed by atoms with van der Waals surface area (Å²) < 4.78 is 6.73. The fourth-order valence-corrected chi connectivity index (χ4v) is 3.94. The molecule has 1 unspecified atom stereocenters. The highest BCUT2D eigenvalue weighted by molar-refractivity contribution is 9.10. The van der Waals surface area contributed by atoms with E-state index in [-0.39, 0.29) is 17.9 Å². The second-order valence-corrected chi connectivity index (χ2v) is 7.55. The molecule has 0 radical (unpaired) electrons. The number of benzene rings is 3. The van der Waals surface area contributed by atoms with Crippen molar-refractivity contribution in [3.8, 4) is 5.75 Å². The van der Waals surface area contributed by atoms with Gasteiger partial charge >= 0.3 is 0 Å². The molecular weight excluding hydrogens is 402 g/mol. The van der Waals surface area contributed by atoms with Gasteiger partial charge in [0.2, 0.25) is 5.91 Å². The van der Waals surface area contributed by atoms with E-state index >= 15 is 0 Å². The third-order valence-corrected chi connectivity index (χ3v) is 5.35. The van der Waals surface area contributed by atoms with Gasteiger partial charge < -0.3 is 10.1 Å². The molecule has 0 saturated carbocycles. The van der Waals surface area contributed by atoms with E-state index in [0.717, 1.165) is 33.3 Å². The Labute approximate surface area is 167 Å². The highest BCUT2D eigenvalue weighted by Gasteiger charge is 2.28. The number of nitrogens with one attached hydrogen (secondary N) is 1. The zero-order valence-corrected chi connectivity index (χ0v) is 16.4. The van der Waals surface area contributed by atoms with E-state index in [1.807, 2.05) is 78.9 Å². The Bertz CT molecular complexity index is 888. The summed E-state index contributed by atoms with van der Waals surface area (Å²) in [5, 5.41) is 3.26. The van der Waals surface area contributed by atoms with E-state index in [4.69, 9.17) is 4.74 Å². The zero-order chi connectivity index (χ0) is 18.6. The van der Waals surface area contributed by atoms with Crippen LogP contribution in [0.5, 0.6) is 5.75 Å². The van der Waals surface area contributed by atoms with Gasteiger partial charge in [-0.3, -0.25) is 4.79 Å². The lowest BCUT2D eigenvalue weighted by molar-refractivity contribution is -0.122. The molecule has 0 aliphatic carbocycles. The molecule has 1 aliphatic rings. The largest absolute Gasteiger partial charge is 0.493 e. The smallest absolute Gasteiger partial charge is 0.232 e. The fourth-order valence-electron chi connectivity index (χ4n) is 3.56. The number of amides is 1. The monoisotopic (exact) mass is 421 g/mol. The first kappa shape index (κ1) is 17.8. The molecule has 3 aromatic rings. The Morgan fingerprint density at radius 2 is 1.59 bits per heavy atom. The number of halogens is 1. The molecule has 1 aliphatic heterocycles. The number of carbonyl (C=O) groups excluding carboxylic acids is 1. The maximum atomic E-state index is 13.3. The first-order valence-corrected chi connectivity index (χ1v) is 9.84. The average molecular weight is 422 g/mol. The Morgan fingerprint density at radius 3 is 2.22 bits per heavy atom. The summed E-state index contributed by atoms with van der Waals surface area (Å²) in [6, 6.07) is 25.7. The third kappa shape index (κ3) is 3.91. The van der Waals surface area contributed by atoms with Gasteiger partial charge in [-0.1, -0.05) is 76.6 Å². The molecular formula is C23H20BrNO2. The molecule has 4 heteroatoms. The molecule has 0 bridgehead atoms. The molecule has 3 aromatic carbocycles. The maximum Gasteiger partial charge on any atom is 0.232 e. The molecule has 1 atom stereocenters. The minimum absolute atomic E-state index is 0.00484. The summed E-state index contributed by atoms with van der Waals surface area (Å²) in [6.45, 7) is 0.598. The van der Waals surface area contributed by atoms with Gasteiger partial charge in [0.05, 0.1) is 18.6 Å². The number of rotatable bonds is 4. The van der Waals surface area contributed by atoms with Gasteiger partial charge in [-0.05, 0) is 29.3 Å². The topological polar surface area (TPSA) is 38.3 Å². The van der Waals surface area contributed by atoms with Crippen molar-refractivity contribution in [1.29, 1.82) is 0 Å².